The summed E-state index contributed by atoms with van der Waals surface area (Å²) < 4.78 is 0.818. The second kappa shape index (κ2) is 7.15. The molecule has 2 rings (SSSR count). The SMILES string of the molecule is CCCN(Cc1ccc([N+](=O)[O-])cc1Br)C1CCNC1. The van der Waals surface area contributed by atoms with Gasteiger partial charge in [-0.05, 0) is 37.6 Å². The highest BCUT2D eigenvalue weighted by atomic mass is 79.9. The van der Waals surface area contributed by atoms with E-state index in [9.17, 15) is 10.1 Å². The Labute approximate surface area is 127 Å². The van der Waals surface area contributed by atoms with E-state index in [0.717, 1.165) is 42.6 Å². The lowest BCUT2D eigenvalue weighted by molar-refractivity contribution is -0.384. The van der Waals surface area contributed by atoms with E-state index in [1.165, 1.54) is 6.42 Å². The maximum Gasteiger partial charge on any atom is 0.270 e. The van der Waals surface area contributed by atoms with Crippen LogP contribution in [0.2, 0.25) is 0 Å². The third kappa shape index (κ3) is 3.77. The molecule has 1 fully saturated rings. The first-order valence-electron chi connectivity index (χ1n) is 6.99. The molecule has 1 N–H and O–H groups in total. The molecule has 110 valence electrons. The average Bonchev–Trinajstić information content (AvgIpc) is 2.94. The van der Waals surface area contributed by atoms with Crippen LogP contribution >= 0.6 is 15.9 Å². The van der Waals surface area contributed by atoms with Crippen LogP contribution in [0.25, 0.3) is 0 Å². The molecule has 0 amide bonds. The number of nitro benzene ring substituents is 1. The van der Waals surface area contributed by atoms with Crippen molar-refractivity contribution in [2.45, 2.75) is 32.4 Å². The minimum Gasteiger partial charge on any atom is -0.315 e. The van der Waals surface area contributed by atoms with E-state index in [4.69, 9.17) is 0 Å². The Bertz CT molecular complexity index is 475. The van der Waals surface area contributed by atoms with Crippen molar-refractivity contribution >= 4 is 21.6 Å². The Morgan fingerprint density at radius 1 is 1.55 bits per heavy atom. The van der Waals surface area contributed by atoms with Gasteiger partial charge in [0.15, 0.2) is 0 Å². The third-order valence-corrected chi connectivity index (χ3v) is 4.42. The van der Waals surface area contributed by atoms with Crippen molar-refractivity contribution in [2.75, 3.05) is 19.6 Å². The molecule has 1 heterocycles. The third-order valence-electron chi connectivity index (χ3n) is 3.68. The lowest BCUT2D eigenvalue weighted by Crippen LogP contribution is -2.37. The van der Waals surface area contributed by atoms with Crippen LogP contribution < -0.4 is 5.32 Å². The quantitative estimate of drug-likeness (QED) is 0.638. The summed E-state index contributed by atoms with van der Waals surface area (Å²) in [5.74, 6) is 0. The van der Waals surface area contributed by atoms with Gasteiger partial charge < -0.3 is 5.32 Å². The number of hydrogen-bond acceptors (Lipinski definition) is 4. The lowest BCUT2D eigenvalue weighted by Gasteiger charge is -2.28. The van der Waals surface area contributed by atoms with E-state index in [1.807, 2.05) is 6.07 Å². The van der Waals surface area contributed by atoms with Crippen molar-refractivity contribution in [3.63, 3.8) is 0 Å². The number of rotatable bonds is 6. The van der Waals surface area contributed by atoms with Gasteiger partial charge >= 0.3 is 0 Å². The molecule has 1 aromatic carbocycles. The maximum absolute atomic E-state index is 10.8. The van der Waals surface area contributed by atoms with Crippen LogP contribution in [-0.4, -0.2) is 35.5 Å². The fourth-order valence-corrected chi connectivity index (χ4v) is 3.12. The van der Waals surface area contributed by atoms with Crippen molar-refractivity contribution in [3.8, 4) is 0 Å². The normalized spacial score (nSPS) is 18.6. The van der Waals surface area contributed by atoms with E-state index in [0.29, 0.717) is 6.04 Å². The van der Waals surface area contributed by atoms with E-state index < -0.39 is 0 Å². The summed E-state index contributed by atoms with van der Waals surface area (Å²) in [6, 6.07) is 5.59. The Morgan fingerprint density at radius 3 is 2.90 bits per heavy atom. The van der Waals surface area contributed by atoms with Crippen LogP contribution in [0.1, 0.15) is 25.3 Å². The number of nitrogens with one attached hydrogen (secondary N) is 1. The lowest BCUT2D eigenvalue weighted by atomic mass is 10.1. The van der Waals surface area contributed by atoms with Crippen molar-refractivity contribution < 1.29 is 4.92 Å². The second-order valence-corrected chi connectivity index (χ2v) is 6.00. The van der Waals surface area contributed by atoms with Gasteiger partial charge in [-0.25, -0.2) is 0 Å². The summed E-state index contributed by atoms with van der Waals surface area (Å²) in [5.41, 5.74) is 1.24. The highest BCUT2D eigenvalue weighted by Gasteiger charge is 2.22. The van der Waals surface area contributed by atoms with E-state index in [-0.39, 0.29) is 10.6 Å². The standard InChI is InChI=1S/C14H20BrN3O2/c1-2-7-17(13-5-6-16-9-13)10-11-3-4-12(18(19)20)8-14(11)15/h3-4,8,13,16H,2,5-7,9-10H2,1H3. The maximum atomic E-state index is 10.8. The molecule has 0 radical (unpaired) electrons. The molecule has 6 heteroatoms. The smallest absolute Gasteiger partial charge is 0.270 e. The fourth-order valence-electron chi connectivity index (χ4n) is 2.63. The summed E-state index contributed by atoms with van der Waals surface area (Å²) in [5, 5.41) is 14.2. The molecule has 20 heavy (non-hydrogen) atoms. The zero-order valence-electron chi connectivity index (χ0n) is 11.6. The van der Waals surface area contributed by atoms with Crippen LogP contribution in [-0.2, 0) is 6.54 Å². The molecule has 0 bridgehead atoms. The van der Waals surface area contributed by atoms with E-state index in [1.54, 1.807) is 12.1 Å². The van der Waals surface area contributed by atoms with Gasteiger partial charge in [-0.15, -0.1) is 0 Å². The van der Waals surface area contributed by atoms with Gasteiger partial charge in [-0.1, -0.05) is 22.9 Å². The molecule has 1 aliphatic heterocycles. The van der Waals surface area contributed by atoms with Gasteiger partial charge in [0, 0.05) is 35.7 Å². The first-order chi connectivity index (χ1) is 9.61. The van der Waals surface area contributed by atoms with Crippen molar-refractivity contribution in [2.24, 2.45) is 0 Å². The molecule has 0 saturated carbocycles. The van der Waals surface area contributed by atoms with E-state index >= 15 is 0 Å². The van der Waals surface area contributed by atoms with Crippen molar-refractivity contribution in [3.05, 3.63) is 38.3 Å². The summed E-state index contributed by atoms with van der Waals surface area (Å²) in [6.07, 6.45) is 2.28. The van der Waals surface area contributed by atoms with Gasteiger partial charge in [0.25, 0.3) is 5.69 Å². The molecule has 1 atom stereocenters. The van der Waals surface area contributed by atoms with Crippen LogP contribution in [0.3, 0.4) is 0 Å². The van der Waals surface area contributed by atoms with Gasteiger partial charge in [-0.2, -0.15) is 0 Å². The number of benzene rings is 1. The molecular formula is C14H20BrN3O2. The Morgan fingerprint density at radius 2 is 2.35 bits per heavy atom. The monoisotopic (exact) mass is 341 g/mol. The summed E-state index contributed by atoms with van der Waals surface area (Å²) >= 11 is 3.46. The summed E-state index contributed by atoms with van der Waals surface area (Å²) in [4.78, 5) is 12.9. The Hall–Kier alpha value is -0.980. The highest BCUT2D eigenvalue weighted by Crippen LogP contribution is 2.25. The molecule has 5 nitrogen and oxygen atoms in total. The summed E-state index contributed by atoms with van der Waals surface area (Å²) in [7, 11) is 0. The van der Waals surface area contributed by atoms with E-state index in [2.05, 4.69) is 33.1 Å². The first-order valence-corrected chi connectivity index (χ1v) is 7.78. The summed E-state index contributed by atoms with van der Waals surface area (Å²) in [6.45, 7) is 6.17. The van der Waals surface area contributed by atoms with Crippen LogP contribution in [0.15, 0.2) is 22.7 Å². The highest BCUT2D eigenvalue weighted by molar-refractivity contribution is 9.10. The molecule has 1 unspecified atom stereocenters. The topological polar surface area (TPSA) is 58.4 Å². The molecule has 1 aliphatic rings. The van der Waals surface area contributed by atoms with Crippen LogP contribution in [0, 0.1) is 10.1 Å². The van der Waals surface area contributed by atoms with Gasteiger partial charge in [-0.3, -0.25) is 15.0 Å². The fraction of sp³-hybridized carbons (Fsp3) is 0.571. The predicted octanol–water partition coefficient (Wildman–Crippen LogP) is 2.93. The van der Waals surface area contributed by atoms with Gasteiger partial charge in [0.2, 0.25) is 0 Å². The largest absolute Gasteiger partial charge is 0.315 e. The Balaban J connectivity index is 2.11. The molecule has 1 aromatic rings. The van der Waals surface area contributed by atoms with Gasteiger partial charge in [0.1, 0.15) is 0 Å². The number of non-ortho nitro benzene ring substituents is 1. The van der Waals surface area contributed by atoms with Crippen molar-refractivity contribution in [1.29, 1.82) is 0 Å². The number of nitro groups is 1. The zero-order chi connectivity index (χ0) is 14.5. The minimum atomic E-state index is -0.362. The van der Waals surface area contributed by atoms with Crippen LogP contribution in [0.5, 0.6) is 0 Å². The van der Waals surface area contributed by atoms with Crippen LogP contribution in [0.4, 0.5) is 5.69 Å². The van der Waals surface area contributed by atoms with Crippen molar-refractivity contribution in [1.82, 2.24) is 10.2 Å². The molecule has 1 saturated heterocycles. The zero-order valence-corrected chi connectivity index (χ0v) is 13.2. The Kier molecular flexibility index (Phi) is 5.51. The first kappa shape index (κ1) is 15.4. The molecule has 0 spiro atoms. The minimum absolute atomic E-state index is 0.130. The molecule has 0 aromatic heterocycles. The second-order valence-electron chi connectivity index (χ2n) is 5.15. The predicted molar refractivity (Wildman–Crippen MR) is 82.8 cm³/mol. The molecule has 0 aliphatic carbocycles. The average molecular weight is 342 g/mol. The van der Waals surface area contributed by atoms with Gasteiger partial charge in [0.05, 0.1) is 4.92 Å². The number of nitrogens with zero attached hydrogens (tertiary/aromatic N) is 2. The molecular weight excluding hydrogens is 322 g/mol. The number of hydrogen-bond donors (Lipinski definition) is 1. The number of halogens is 1.